The molecule has 142 valence electrons. The molecule has 27 heavy (non-hydrogen) atoms. The fourth-order valence-electron chi connectivity index (χ4n) is 2.72. The first-order chi connectivity index (χ1) is 12.8. The van der Waals surface area contributed by atoms with Crippen LogP contribution in [0.25, 0.3) is 0 Å². The van der Waals surface area contributed by atoms with E-state index in [-0.39, 0.29) is 5.91 Å². The van der Waals surface area contributed by atoms with E-state index in [0.717, 1.165) is 11.3 Å². The lowest BCUT2D eigenvalue weighted by molar-refractivity contribution is -0.119. The van der Waals surface area contributed by atoms with Crippen LogP contribution in [0.1, 0.15) is 29.9 Å². The molecule has 0 fully saturated rings. The quantitative estimate of drug-likeness (QED) is 0.569. The minimum atomic E-state index is -0.531. The molecule has 9 heteroatoms. The van der Waals surface area contributed by atoms with Gasteiger partial charge in [-0.05, 0) is 48.3 Å². The Hall–Kier alpha value is -1.83. The number of nitrogens with one attached hydrogen (secondary N) is 1. The molecule has 0 radical (unpaired) electrons. The van der Waals surface area contributed by atoms with Gasteiger partial charge in [-0.15, -0.1) is 0 Å². The molecule has 3 aromatic rings. The lowest BCUT2D eigenvalue weighted by Crippen LogP contribution is -2.25. The number of carbonyl (C=O) groups is 1. The summed E-state index contributed by atoms with van der Waals surface area (Å²) in [6.07, 6.45) is 1.80. The summed E-state index contributed by atoms with van der Waals surface area (Å²) in [7, 11) is 0. The third-order valence-electron chi connectivity index (χ3n) is 4.23. The highest BCUT2D eigenvalue weighted by Crippen LogP contribution is 2.25. The van der Waals surface area contributed by atoms with Crippen molar-refractivity contribution in [3.05, 3.63) is 61.9 Å². The van der Waals surface area contributed by atoms with Gasteiger partial charge in [0, 0.05) is 11.2 Å². The predicted octanol–water partition coefficient (Wildman–Crippen LogP) is 5.01. The Balaban J connectivity index is 1.75. The molecule has 0 saturated carbocycles. The van der Waals surface area contributed by atoms with Crippen LogP contribution in [0.3, 0.4) is 0 Å². The average Bonchev–Trinajstić information content (AvgIpc) is 3.10. The maximum Gasteiger partial charge on any atom is 0.250 e. The Bertz CT molecular complexity index is 998. The van der Waals surface area contributed by atoms with Crippen LogP contribution < -0.4 is 5.32 Å². The minimum Gasteiger partial charge on any atom is -0.306 e. The van der Waals surface area contributed by atoms with E-state index in [0.29, 0.717) is 32.6 Å². The Morgan fingerprint density at radius 2 is 1.96 bits per heavy atom. The van der Waals surface area contributed by atoms with Crippen LogP contribution in [0.15, 0.2) is 34.9 Å². The van der Waals surface area contributed by atoms with E-state index in [2.05, 4.69) is 31.4 Å². The summed E-state index contributed by atoms with van der Waals surface area (Å²) < 4.78 is 4.01. The van der Waals surface area contributed by atoms with Crippen molar-refractivity contribution in [1.29, 1.82) is 0 Å². The topological polar surface area (TPSA) is 64.7 Å². The fourth-order valence-corrected chi connectivity index (χ4v) is 3.45. The summed E-state index contributed by atoms with van der Waals surface area (Å²) in [5.74, 6) is 0.201. The number of carbonyl (C=O) groups excluding carboxylic acids is 1. The Morgan fingerprint density at radius 3 is 2.59 bits per heavy atom. The number of aromatic nitrogens is 4. The molecule has 2 heterocycles. The van der Waals surface area contributed by atoms with E-state index in [4.69, 9.17) is 23.2 Å². The monoisotopic (exact) mass is 469 g/mol. The third kappa shape index (κ3) is 4.20. The van der Waals surface area contributed by atoms with Crippen LogP contribution >= 0.6 is 39.1 Å². The highest BCUT2D eigenvalue weighted by atomic mass is 79.9. The summed E-state index contributed by atoms with van der Waals surface area (Å²) >= 11 is 15.8. The van der Waals surface area contributed by atoms with E-state index >= 15 is 0 Å². The van der Waals surface area contributed by atoms with Crippen LogP contribution in [0.4, 0.5) is 5.82 Å². The van der Waals surface area contributed by atoms with E-state index < -0.39 is 6.04 Å². The van der Waals surface area contributed by atoms with Crippen molar-refractivity contribution in [2.75, 3.05) is 5.32 Å². The second-order valence-corrected chi connectivity index (χ2v) is 7.85. The Kier molecular flexibility index (Phi) is 5.93. The maximum absolute atomic E-state index is 12.7. The molecule has 0 saturated heterocycles. The standard InChI is InChI=1S/C18H18BrCl2N5O/c1-10-16(21)11(2)26(23-10)12(3)18(27)22-17-14(19)9-25(24-17)8-13-6-4-5-7-15(13)20/h4-7,9,12H,8H2,1-3H3,(H,22,24,27). The van der Waals surface area contributed by atoms with Gasteiger partial charge in [-0.3, -0.25) is 14.2 Å². The number of amides is 1. The number of aryl methyl sites for hydroxylation is 1. The van der Waals surface area contributed by atoms with Crippen LogP contribution in [0.5, 0.6) is 0 Å². The van der Waals surface area contributed by atoms with Crippen LogP contribution in [0, 0.1) is 13.8 Å². The maximum atomic E-state index is 12.7. The lowest BCUT2D eigenvalue weighted by atomic mass is 10.2. The third-order valence-corrected chi connectivity index (χ3v) is 5.73. The molecule has 2 aromatic heterocycles. The van der Waals surface area contributed by atoms with Gasteiger partial charge in [0.05, 0.1) is 27.4 Å². The van der Waals surface area contributed by atoms with Crippen molar-refractivity contribution < 1.29 is 4.79 Å². The van der Waals surface area contributed by atoms with Crippen molar-refractivity contribution in [3.8, 4) is 0 Å². The first-order valence-corrected chi connectivity index (χ1v) is 9.81. The molecule has 0 aliphatic carbocycles. The number of hydrogen-bond acceptors (Lipinski definition) is 3. The first kappa shape index (κ1) is 19.9. The molecule has 0 spiro atoms. The molecule has 0 aliphatic heterocycles. The summed E-state index contributed by atoms with van der Waals surface area (Å²) in [6, 6.07) is 7.04. The second kappa shape index (κ2) is 8.04. The summed E-state index contributed by atoms with van der Waals surface area (Å²) in [6.45, 7) is 5.90. The highest BCUT2D eigenvalue weighted by Gasteiger charge is 2.22. The number of nitrogens with zero attached hydrogens (tertiary/aromatic N) is 4. The minimum absolute atomic E-state index is 0.235. The largest absolute Gasteiger partial charge is 0.306 e. The van der Waals surface area contributed by atoms with Crippen molar-refractivity contribution in [2.24, 2.45) is 0 Å². The van der Waals surface area contributed by atoms with Crippen LogP contribution in [-0.2, 0) is 11.3 Å². The number of rotatable bonds is 5. The van der Waals surface area contributed by atoms with E-state index in [1.165, 1.54) is 0 Å². The zero-order chi connectivity index (χ0) is 19.7. The molecule has 1 unspecified atom stereocenters. The molecule has 6 nitrogen and oxygen atoms in total. The van der Waals surface area contributed by atoms with E-state index in [9.17, 15) is 4.79 Å². The van der Waals surface area contributed by atoms with Gasteiger partial charge in [0.25, 0.3) is 0 Å². The zero-order valence-corrected chi connectivity index (χ0v) is 18.1. The molecule has 1 amide bonds. The molecule has 1 atom stereocenters. The zero-order valence-electron chi connectivity index (χ0n) is 15.0. The molecule has 0 bridgehead atoms. The average molecular weight is 471 g/mol. The highest BCUT2D eigenvalue weighted by molar-refractivity contribution is 9.10. The molecule has 1 N–H and O–H groups in total. The molecule has 3 rings (SSSR count). The SMILES string of the molecule is Cc1nn(C(C)C(=O)Nc2nn(Cc3ccccc3Cl)cc2Br)c(C)c1Cl. The Labute approximate surface area is 175 Å². The van der Waals surface area contributed by atoms with Gasteiger partial charge in [0.15, 0.2) is 5.82 Å². The van der Waals surface area contributed by atoms with Crippen molar-refractivity contribution >= 4 is 50.9 Å². The smallest absolute Gasteiger partial charge is 0.250 e. The number of halogens is 3. The Morgan fingerprint density at radius 1 is 1.26 bits per heavy atom. The van der Waals surface area contributed by atoms with Gasteiger partial charge >= 0.3 is 0 Å². The molecular weight excluding hydrogens is 453 g/mol. The second-order valence-electron chi connectivity index (χ2n) is 6.21. The molecule has 1 aromatic carbocycles. The molecule has 0 aliphatic rings. The lowest BCUT2D eigenvalue weighted by Gasteiger charge is -2.13. The number of anilines is 1. The van der Waals surface area contributed by atoms with Crippen molar-refractivity contribution in [2.45, 2.75) is 33.4 Å². The summed E-state index contributed by atoms with van der Waals surface area (Å²) in [4.78, 5) is 12.7. The summed E-state index contributed by atoms with van der Waals surface area (Å²) in [5.41, 5.74) is 2.39. The normalized spacial score (nSPS) is 12.2. The van der Waals surface area contributed by atoms with Gasteiger partial charge in [0.2, 0.25) is 5.91 Å². The van der Waals surface area contributed by atoms with Crippen molar-refractivity contribution in [3.63, 3.8) is 0 Å². The fraction of sp³-hybridized carbons (Fsp3) is 0.278. The summed E-state index contributed by atoms with van der Waals surface area (Å²) in [5, 5.41) is 12.8. The predicted molar refractivity (Wildman–Crippen MR) is 111 cm³/mol. The van der Waals surface area contributed by atoms with Crippen molar-refractivity contribution in [1.82, 2.24) is 19.6 Å². The van der Waals surface area contributed by atoms with Gasteiger partial charge in [-0.1, -0.05) is 41.4 Å². The van der Waals surface area contributed by atoms with Crippen LogP contribution in [-0.4, -0.2) is 25.5 Å². The van der Waals surface area contributed by atoms with Gasteiger partial charge in [0.1, 0.15) is 6.04 Å². The molecular formula is C18H18BrCl2N5O. The van der Waals surface area contributed by atoms with Gasteiger partial charge in [-0.2, -0.15) is 10.2 Å². The van der Waals surface area contributed by atoms with Gasteiger partial charge in [-0.25, -0.2) is 0 Å². The van der Waals surface area contributed by atoms with Crippen LogP contribution in [0.2, 0.25) is 10.0 Å². The van der Waals surface area contributed by atoms with E-state index in [1.54, 1.807) is 22.5 Å². The number of benzene rings is 1. The number of hydrogen-bond donors (Lipinski definition) is 1. The van der Waals surface area contributed by atoms with Gasteiger partial charge < -0.3 is 5.32 Å². The first-order valence-electron chi connectivity index (χ1n) is 8.26. The van der Waals surface area contributed by atoms with E-state index in [1.807, 2.05) is 38.1 Å².